The third-order valence-corrected chi connectivity index (χ3v) is 4.11. The number of methoxy groups -OCH3 is 1. The number of imidazole rings is 1. The standard InChI is InChI=1S/C17H15N7O6/c1-22-13(26)11(14(27)23(2)17(22)29)20-21-16-19-9(8-25)12(15(28)30-3)24(16)10-6-4-5-7-18-10/h4-8,26H,1-3H3/b21-20-. The van der Waals surface area contributed by atoms with Gasteiger partial charge in [0.15, 0.2) is 12.0 Å². The van der Waals surface area contributed by atoms with E-state index in [1.165, 1.54) is 26.4 Å². The van der Waals surface area contributed by atoms with Crippen LogP contribution in [0, 0.1) is 0 Å². The first-order valence-electron chi connectivity index (χ1n) is 8.30. The van der Waals surface area contributed by atoms with E-state index >= 15 is 0 Å². The SMILES string of the molecule is COC(=O)c1c(C=O)nc(/N=N\c2c(O)n(C)c(=O)n(C)c2=O)n1-c1ccccn1. The lowest BCUT2D eigenvalue weighted by Crippen LogP contribution is -2.36. The maximum Gasteiger partial charge on any atom is 0.357 e. The van der Waals surface area contributed by atoms with E-state index in [4.69, 9.17) is 4.74 Å². The second-order valence-electron chi connectivity index (χ2n) is 5.86. The van der Waals surface area contributed by atoms with Crippen molar-refractivity contribution in [3.63, 3.8) is 0 Å². The average Bonchev–Trinajstić information content (AvgIpc) is 3.15. The Hall–Kier alpha value is -4.42. The van der Waals surface area contributed by atoms with E-state index in [9.17, 15) is 24.3 Å². The first kappa shape index (κ1) is 20.3. The molecule has 3 rings (SSSR count). The quantitative estimate of drug-likeness (QED) is 0.356. The van der Waals surface area contributed by atoms with E-state index < -0.39 is 28.8 Å². The molecule has 0 spiro atoms. The molecule has 1 N–H and O–H groups in total. The van der Waals surface area contributed by atoms with Crippen molar-refractivity contribution in [3.05, 3.63) is 56.6 Å². The van der Waals surface area contributed by atoms with Gasteiger partial charge in [0, 0.05) is 20.3 Å². The lowest BCUT2D eigenvalue weighted by molar-refractivity contribution is 0.0589. The second kappa shape index (κ2) is 7.90. The summed E-state index contributed by atoms with van der Waals surface area (Å²) in [4.78, 5) is 55.9. The number of hydrogen-bond acceptors (Lipinski definition) is 10. The number of pyridine rings is 1. The number of hydrogen-bond donors (Lipinski definition) is 1. The predicted molar refractivity (Wildman–Crippen MR) is 101 cm³/mol. The molecule has 3 aromatic rings. The van der Waals surface area contributed by atoms with Gasteiger partial charge in [0.2, 0.25) is 11.6 Å². The second-order valence-corrected chi connectivity index (χ2v) is 5.86. The van der Waals surface area contributed by atoms with Crippen LogP contribution in [0.3, 0.4) is 0 Å². The Bertz CT molecular complexity index is 1290. The van der Waals surface area contributed by atoms with E-state index in [1.807, 2.05) is 0 Å². The first-order valence-corrected chi connectivity index (χ1v) is 8.30. The lowest BCUT2D eigenvalue weighted by Gasteiger charge is -2.08. The molecule has 30 heavy (non-hydrogen) atoms. The van der Waals surface area contributed by atoms with Crippen LogP contribution in [0.1, 0.15) is 21.0 Å². The minimum absolute atomic E-state index is 0.171. The number of carbonyl (C=O) groups excluding carboxylic acids is 2. The van der Waals surface area contributed by atoms with Crippen molar-refractivity contribution in [2.45, 2.75) is 0 Å². The highest BCUT2D eigenvalue weighted by Crippen LogP contribution is 2.26. The molecule has 0 saturated carbocycles. The zero-order valence-corrected chi connectivity index (χ0v) is 16.0. The Labute approximate surface area is 167 Å². The highest BCUT2D eigenvalue weighted by Gasteiger charge is 2.26. The number of rotatable bonds is 5. The van der Waals surface area contributed by atoms with Crippen LogP contribution < -0.4 is 11.2 Å². The summed E-state index contributed by atoms with van der Waals surface area (Å²) >= 11 is 0. The number of esters is 1. The monoisotopic (exact) mass is 413 g/mol. The van der Waals surface area contributed by atoms with Crippen molar-refractivity contribution < 1.29 is 19.4 Å². The van der Waals surface area contributed by atoms with Gasteiger partial charge in [-0.15, -0.1) is 10.2 Å². The Kier molecular flexibility index (Phi) is 5.35. The number of azo groups is 1. The molecule has 0 amide bonds. The number of nitrogens with zero attached hydrogens (tertiary/aromatic N) is 7. The molecule has 0 fully saturated rings. The summed E-state index contributed by atoms with van der Waals surface area (Å²) in [7, 11) is 3.57. The molecule has 154 valence electrons. The third-order valence-electron chi connectivity index (χ3n) is 4.11. The first-order chi connectivity index (χ1) is 14.3. The van der Waals surface area contributed by atoms with Gasteiger partial charge in [-0.25, -0.2) is 19.6 Å². The summed E-state index contributed by atoms with van der Waals surface area (Å²) in [6.45, 7) is 0. The third kappa shape index (κ3) is 3.28. The van der Waals surface area contributed by atoms with E-state index in [0.29, 0.717) is 6.29 Å². The summed E-state index contributed by atoms with van der Waals surface area (Å²) in [5, 5.41) is 17.6. The van der Waals surface area contributed by atoms with E-state index in [0.717, 1.165) is 20.8 Å². The van der Waals surface area contributed by atoms with Crippen LogP contribution in [-0.4, -0.2) is 48.1 Å². The van der Waals surface area contributed by atoms with E-state index in [1.54, 1.807) is 12.1 Å². The molecule has 0 radical (unpaired) electrons. The Morgan fingerprint density at radius 3 is 2.53 bits per heavy atom. The maximum absolute atomic E-state index is 12.3. The number of ether oxygens (including phenoxy) is 1. The molecule has 0 aromatic carbocycles. The van der Waals surface area contributed by atoms with Gasteiger partial charge in [-0.1, -0.05) is 6.07 Å². The van der Waals surface area contributed by atoms with E-state index in [-0.39, 0.29) is 23.2 Å². The van der Waals surface area contributed by atoms with Crippen LogP contribution in [0.2, 0.25) is 0 Å². The molecule has 3 heterocycles. The van der Waals surface area contributed by atoms with Gasteiger partial charge in [-0.2, -0.15) is 0 Å². The van der Waals surface area contributed by atoms with Gasteiger partial charge in [-0.05, 0) is 12.1 Å². The van der Waals surface area contributed by atoms with Crippen LogP contribution in [0.15, 0.2) is 44.2 Å². The Morgan fingerprint density at radius 2 is 1.93 bits per heavy atom. The minimum Gasteiger partial charge on any atom is -0.493 e. The summed E-state index contributed by atoms with van der Waals surface area (Å²) in [5.41, 5.74) is -2.75. The van der Waals surface area contributed by atoms with Gasteiger partial charge in [-0.3, -0.25) is 23.3 Å². The molecule has 0 unspecified atom stereocenters. The van der Waals surface area contributed by atoms with Gasteiger partial charge >= 0.3 is 11.7 Å². The fourth-order valence-electron chi connectivity index (χ4n) is 2.57. The molecule has 0 atom stereocenters. The summed E-state index contributed by atoms with van der Waals surface area (Å²) in [5.74, 6) is -1.71. The Balaban J connectivity index is 2.27. The van der Waals surface area contributed by atoms with Gasteiger partial charge in [0.05, 0.1) is 7.11 Å². The summed E-state index contributed by atoms with van der Waals surface area (Å²) in [6.07, 6.45) is 1.76. The molecule has 0 saturated heterocycles. The normalized spacial score (nSPS) is 11.0. The molecule has 3 aromatic heterocycles. The van der Waals surface area contributed by atoms with Crippen LogP contribution in [0.4, 0.5) is 11.6 Å². The van der Waals surface area contributed by atoms with Crippen LogP contribution in [0.5, 0.6) is 5.88 Å². The molecule has 0 aliphatic carbocycles. The molecule has 0 bridgehead atoms. The summed E-state index contributed by atoms with van der Waals surface area (Å²) in [6, 6.07) is 4.77. The fraction of sp³-hybridized carbons (Fsp3) is 0.176. The topological polar surface area (TPSA) is 163 Å². The van der Waals surface area contributed by atoms with Gasteiger partial charge in [0.1, 0.15) is 11.5 Å². The molecular formula is C17H15N7O6. The average molecular weight is 413 g/mol. The minimum atomic E-state index is -0.904. The van der Waals surface area contributed by atoms with Gasteiger partial charge in [0.25, 0.3) is 11.5 Å². The molecule has 13 heteroatoms. The zero-order chi connectivity index (χ0) is 22.0. The van der Waals surface area contributed by atoms with Crippen molar-refractivity contribution in [3.8, 4) is 11.7 Å². The van der Waals surface area contributed by atoms with Crippen LogP contribution >= 0.6 is 0 Å². The van der Waals surface area contributed by atoms with Crippen molar-refractivity contribution in [2.24, 2.45) is 24.3 Å². The number of aromatic nitrogens is 5. The molecule has 13 nitrogen and oxygen atoms in total. The molecular weight excluding hydrogens is 398 g/mol. The number of aldehydes is 1. The van der Waals surface area contributed by atoms with Gasteiger partial charge < -0.3 is 9.84 Å². The van der Waals surface area contributed by atoms with Crippen molar-refractivity contribution in [2.75, 3.05) is 7.11 Å². The van der Waals surface area contributed by atoms with E-state index in [2.05, 4.69) is 20.2 Å². The van der Waals surface area contributed by atoms with Crippen molar-refractivity contribution in [1.82, 2.24) is 23.7 Å². The number of carbonyl (C=O) groups is 2. The Morgan fingerprint density at radius 1 is 1.20 bits per heavy atom. The fourth-order valence-corrected chi connectivity index (χ4v) is 2.57. The maximum atomic E-state index is 12.3. The lowest BCUT2D eigenvalue weighted by atomic mass is 10.3. The molecule has 0 aliphatic rings. The highest BCUT2D eigenvalue weighted by atomic mass is 16.5. The largest absolute Gasteiger partial charge is 0.493 e. The number of aromatic hydroxyl groups is 1. The van der Waals surface area contributed by atoms with Crippen LogP contribution in [0.25, 0.3) is 5.82 Å². The smallest absolute Gasteiger partial charge is 0.357 e. The highest BCUT2D eigenvalue weighted by molar-refractivity contribution is 5.97. The van der Waals surface area contributed by atoms with Crippen LogP contribution in [-0.2, 0) is 18.8 Å². The molecule has 0 aliphatic heterocycles. The van der Waals surface area contributed by atoms with Crippen molar-refractivity contribution in [1.29, 1.82) is 0 Å². The van der Waals surface area contributed by atoms with Crippen molar-refractivity contribution >= 4 is 23.9 Å². The zero-order valence-electron chi connectivity index (χ0n) is 16.0. The summed E-state index contributed by atoms with van der Waals surface area (Å²) < 4.78 is 7.36. The predicted octanol–water partition coefficient (Wildman–Crippen LogP) is 0.385.